The Hall–Kier alpha value is -2.76. The predicted octanol–water partition coefficient (Wildman–Crippen LogP) is 2.32. The molecule has 6 heteroatoms. The van der Waals surface area contributed by atoms with E-state index in [1.807, 2.05) is 0 Å². The molecule has 5 nitrogen and oxygen atoms in total. The highest BCUT2D eigenvalue weighted by atomic mass is 19.1. The molecule has 0 aliphatic heterocycles. The lowest BCUT2D eigenvalue weighted by Crippen LogP contribution is -2.10. The number of hydrogen-bond acceptors (Lipinski definition) is 4. The van der Waals surface area contributed by atoms with Crippen LogP contribution in [0.15, 0.2) is 42.6 Å². The Morgan fingerprint density at radius 1 is 1.30 bits per heavy atom. The number of carbonyl (C=O) groups is 1. The molecule has 100 valence electrons. The molecule has 0 spiro atoms. The number of carbonyl (C=O) groups excluding carboxylic acids is 1. The molecule has 0 unspecified atom stereocenters. The summed E-state index contributed by atoms with van der Waals surface area (Å²) in [7, 11) is 1.28. The fraction of sp³-hybridized carbons (Fsp3) is 0.0714. The average Bonchev–Trinajstić information content (AvgIpc) is 2.94. The Labute approximate surface area is 113 Å². The lowest BCUT2D eigenvalue weighted by atomic mass is 10.1. The van der Waals surface area contributed by atoms with Crippen LogP contribution in [0.5, 0.6) is 0 Å². The van der Waals surface area contributed by atoms with Crippen molar-refractivity contribution in [3.63, 3.8) is 0 Å². The normalized spacial score (nSPS) is 10.7. The number of ether oxygens (including phenoxy) is 1. The highest BCUT2D eigenvalue weighted by Gasteiger charge is 2.16. The van der Waals surface area contributed by atoms with Gasteiger partial charge in [0.05, 0.1) is 19.0 Å². The van der Waals surface area contributed by atoms with E-state index in [4.69, 9.17) is 4.74 Å². The maximum atomic E-state index is 13.8. The second kappa shape index (κ2) is 4.73. The van der Waals surface area contributed by atoms with Gasteiger partial charge < -0.3 is 4.74 Å². The summed E-state index contributed by atoms with van der Waals surface area (Å²) in [6, 6.07) is 9.35. The molecule has 0 saturated heterocycles. The van der Waals surface area contributed by atoms with Crippen molar-refractivity contribution in [2.24, 2.45) is 0 Å². The van der Waals surface area contributed by atoms with Gasteiger partial charge in [0.2, 0.25) is 0 Å². The van der Waals surface area contributed by atoms with Crippen LogP contribution in [0.2, 0.25) is 0 Å². The first kappa shape index (κ1) is 12.3. The molecule has 0 N–H and O–H groups in total. The molecule has 0 radical (unpaired) electrons. The van der Waals surface area contributed by atoms with E-state index in [1.165, 1.54) is 30.0 Å². The molecule has 0 saturated carbocycles. The van der Waals surface area contributed by atoms with Gasteiger partial charge in [-0.15, -0.1) is 0 Å². The number of rotatable bonds is 2. The maximum Gasteiger partial charge on any atom is 0.356 e. The number of esters is 1. The number of hydrogen-bond donors (Lipinski definition) is 0. The molecule has 0 aliphatic rings. The summed E-state index contributed by atoms with van der Waals surface area (Å²) in [5, 5.41) is 4.00. The minimum absolute atomic E-state index is 0.195. The minimum Gasteiger partial charge on any atom is -0.464 e. The standard InChI is InChI=1S/C14H10FN3O2/c1-20-14(19)12-8-11(9-4-2-3-5-10(9)15)17-13-6-7-16-18(12)13/h2-8H,1H3. The molecule has 2 aromatic heterocycles. The highest BCUT2D eigenvalue weighted by Crippen LogP contribution is 2.22. The van der Waals surface area contributed by atoms with Crippen LogP contribution in [-0.4, -0.2) is 27.7 Å². The molecular weight excluding hydrogens is 261 g/mol. The Bertz CT molecular complexity index is 798. The summed E-state index contributed by atoms with van der Waals surface area (Å²) >= 11 is 0. The van der Waals surface area contributed by atoms with Gasteiger partial charge in [0.1, 0.15) is 5.82 Å². The topological polar surface area (TPSA) is 56.5 Å². The molecule has 0 amide bonds. The van der Waals surface area contributed by atoms with Crippen LogP contribution in [0, 0.1) is 5.82 Å². The summed E-state index contributed by atoms with van der Waals surface area (Å²) in [4.78, 5) is 16.1. The third-order valence-electron chi connectivity index (χ3n) is 2.90. The van der Waals surface area contributed by atoms with Crippen LogP contribution in [0.1, 0.15) is 10.5 Å². The first-order valence-electron chi connectivity index (χ1n) is 5.88. The molecule has 0 fully saturated rings. The third kappa shape index (κ3) is 1.91. The van der Waals surface area contributed by atoms with Gasteiger partial charge in [0.15, 0.2) is 11.3 Å². The van der Waals surface area contributed by atoms with Crippen molar-refractivity contribution in [2.45, 2.75) is 0 Å². The predicted molar refractivity (Wildman–Crippen MR) is 69.7 cm³/mol. The van der Waals surface area contributed by atoms with E-state index < -0.39 is 11.8 Å². The van der Waals surface area contributed by atoms with Gasteiger partial charge >= 0.3 is 5.97 Å². The average molecular weight is 271 g/mol. The molecule has 20 heavy (non-hydrogen) atoms. The summed E-state index contributed by atoms with van der Waals surface area (Å²) in [5.74, 6) is -0.960. The monoisotopic (exact) mass is 271 g/mol. The molecule has 3 aromatic rings. The molecule has 1 aromatic carbocycles. The van der Waals surface area contributed by atoms with Crippen molar-refractivity contribution in [1.82, 2.24) is 14.6 Å². The van der Waals surface area contributed by atoms with Crippen LogP contribution >= 0.6 is 0 Å². The van der Waals surface area contributed by atoms with Crippen molar-refractivity contribution in [3.05, 3.63) is 54.1 Å². The molecular formula is C14H10FN3O2. The summed E-state index contributed by atoms with van der Waals surface area (Å²) < 4.78 is 19.9. The molecule has 0 aliphatic carbocycles. The van der Waals surface area contributed by atoms with E-state index in [9.17, 15) is 9.18 Å². The number of fused-ring (bicyclic) bond motifs is 1. The Balaban J connectivity index is 2.28. The van der Waals surface area contributed by atoms with Crippen LogP contribution in [-0.2, 0) is 4.74 Å². The van der Waals surface area contributed by atoms with Crippen molar-refractivity contribution in [2.75, 3.05) is 7.11 Å². The van der Waals surface area contributed by atoms with Crippen LogP contribution < -0.4 is 0 Å². The smallest absolute Gasteiger partial charge is 0.356 e. The molecule has 0 bridgehead atoms. The zero-order chi connectivity index (χ0) is 14.1. The van der Waals surface area contributed by atoms with E-state index in [1.54, 1.807) is 24.3 Å². The number of nitrogens with zero attached hydrogens (tertiary/aromatic N) is 3. The van der Waals surface area contributed by atoms with Gasteiger partial charge in [-0.05, 0) is 18.2 Å². The number of aromatic nitrogens is 3. The largest absolute Gasteiger partial charge is 0.464 e. The zero-order valence-electron chi connectivity index (χ0n) is 10.6. The third-order valence-corrected chi connectivity index (χ3v) is 2.90. The van der Waals surface area contributed by atoms with Crippen molar-refractivity contribution >= 4 is 11.6 Å². The van der Waals surface area contributed by atoms with Gasteiger partial charge in [-0.25, -0.2) is 18.7 Å². The quantitative estimate of drug-likeness (QED) is 0.671. The van der Waals surface area contributed by atoms with E-state index in [0.717, 1.165) is 0 Å². The summed E-state index contributed by atoms with van der Waals surface area (Å²) in [6.07, 6.45) is 1.51. The fourth-order valence-corrected chi connectivity index (χ4v) is 1.97. The van der Waals surface area contributed by atoms with Gasteiger partial charge in [0, 0.05) is 11.6 Å². The SMILES string of the molecule is COC(=O)c1cc(-c2ccccc2F)nc2ccnn12. The van der Waals surface area contributed by atoms with Crippen LogP contribution in [0.3, 0.4) is 0 Å². The number of methoxy groups -OCH3 is 1. The van der Waals surface area contributed by atoms with Gasteiger partial charge in [-0.2, -0.15) is 5.10 Å². The highest BCUT2D eigenvalue weighted by molar-refractivity contribution is 5.89. The van der Waals surface area contributed by atoms with Crippen molar-refractivity contribution in [1.29, 1.82) is 0 Å². The first-order chi connectivity index (χ1) is 9.70. The van der Waals surface area contributed by atoms with Gasteiger partial charge in [-0.1, -0.05) is 12.1 Å². The lowest BCUT2D eigenvalue weighted by molar-refractivity contribution is 0.0590. The Morgan fingerprint density at radius 2 is 2.10 bits per heavy atom. The second-order valence-electron chi connectivity index (χ2n) is 4.10. The van der Waals surface area contributed by atoms with Gasteiger partial charge in [0.25, 0.3) is 0 Å². The molecule has 0 atom stereocenters. The summed E-state index contributed by atoms with van der Waals surface area (Å²) in [6.45, 7) is 0. The Morgan fingerprint density at radius 3 is 2.85 bits per heavy atom. The summed E-state index contributed by atoms with van der Waals surface area (Å²) in [5.41, 5.74) is 1.32. The van der Waals surface area contributed by atoms with Crippen LogP contribution in [0.25, 0.3) is 16.9 Å². The van der Waals surface area contributed by atoms with E-state index in [0.29, 0.717) is 16.9 Å². The lowest BCUT2D eigenvalue weighted by Gasteiger charge is -2.07. The maximum absolute atomic E-state index is 13.8. The van der Waals surface area contributed by atoms with Crippen molar-refractivity contribution < 1.29 is 13.9 Å². The first-order valence-corrected chi connectivity index (χ1v) is 5.88. The second-order valence-corrected chi connectivity index (χ2v) is 4.10. The Kier molecular flexibility index (Phi) is 2.90. The van der Waals surface area contributed by atoms with Crippen LogP contribution in [0.4, 0.5) is 4.39 Å². The molecule has 2 heterocycles. The molecule has 3 rings (SSSR count). The van der Waals surface area contributed by atoms with Gasteiger partial charge in [-0.3, -0.25) is 0 Å². The number of benzene rings is 1. The zero-order valence-corrected chi connectivity index (χ0v) is 10.6. The van der Waals surface area contributed by atoms with E-state index in [-0.39, 0.29) is 5.69 Å². The fourth-order valence-electron chi connectivity index (χ4n) is 1.97. The number of halogens is 1. The van der Waals surface area contributed by atoms with Crippen molar-refractivity contribution in [3.8, 4) is 11.3 Å². The minimum atomic E-state index is -0.557. The van der Waals surface area contributed by atoms with E-state index >= 15 is 0 Å². The van der Waals surface area contributed by atoms with E-state index in [2.05, 4.69) is 10.1 Å².